The van der Waals surface area contributed by atoms with Gasteiger partial charge in [0.1, 0.15) is 23.3 Å². The molecule has 1 atom stereocenters. The van der Waals surface area contributed by atoms with Crippen LogP contribution >= 0.6 is 11.3 Å². The van der Waals surface area contributed by atoms with Gasteiger partial charge in [-0.05, 0) is 35.4 Å². The van der Waals surface area contributed by atoms with Gasteiger partial charge >= 0.3 is 0 Å². The molecule has 2 aromatic heterocycles. The third-order valence-corrected chi connectivity index (χ3v) is 6.50. The summed E-state index contributed by atoms with van der Waals surface area (Å²) in [6, 6.07) is 23.7. The van der Waals surface area contributed by atoms with Crippen molar-refractivity contribution in [3.63, 3.8) is 0 Å². The van der Waals surface area contributed by atoms with E-state index in [1.165, 1.54) is 22.2 Å². The van der Waals surface area contributed by atoms with Crippen molar-refractivity contribution >= 4 is 32.3 Å². The van der Waals surface area contributed by atoms with E-state index >= 15 is 0 Å². The van der Waals surface area contributed by atoms with Gasteiger partial charge in [-0.3, -0.25) is 9.36 Å². The first-order valence-corrected chi connectivity index (χ1v) is 11.3. The third kappa shape index (κ3) is 3.90. The molecule has 5 rings (SSSR count). The molecule has 5 aromatic rings. The van der Waals surface area contributed by atoms with Crippen LogP contribution in [0, 0.1) is 6.92 Å². The van der Waals surface area contributed by atoms with Gasteiger partial charge in [0, 0.05) is 10.4 Å². The highest BCUT2D eigenvalue weighted by Crippen LogP contribution is 2.35. The van der Waals surface area contributed by atoms with Gasteiger partial charge in [-0.1, -0.05) is 60.7 Å². The maximum atomic E-state index is 13.3. The van der Waals surface area contributed by atoms with E-state index in [2.05, 4.69) is 4.98 Å². The third-order valence-electron chi connectivity index (χ3n) is 5.49. The van der Waals surface area contributed by atoms with Crippen molar-refractivity contribution in [1.29, 1.82) is 0 Å². The monoisotopic (exact) mass is 442 g/mol. The number of thiophene rings is 1. The van der Waals surface area contributed by atoms with E-state index in [1.807, 2.05) is 79.7 Å². The number of aliphatic hydroxyl groups excluding tert-OH is 1. The highest BCUT2D eigenvalue weighted by Gasteiger charge is 2.18. The van der Waals surface area contributed by atoms with Crippen LogP contribution in [0.5, 0.6) is 5.75 Å². The average molecular weight is 443 g/mol. The predicted octanol–water partition coefficient (Wildman–Crippen LogP) is 5.03. The number of fused-ring (bicyclic) bond motifs is 2. The Hall–Kier alpha value is -3.48. The number of hydrogen-bond donors (Lipinski definition) is 1. The summed E-state index contributed by atoms with van der Waals surface area (Å²) in [6.45, 7) is 2.19. The molecule has 0 bridgehead atoms. The largest absolute Gasteiger partial charge is 0.491 e. The van der Waals surface area contributed by atoms with Gasteiger partial charge in [0.25, 0.3) is 5.56 Å². The second kappa shape index (κ2) is 8.57. The Bertz CT molecular complexity index is 1460. The Kier molecular flexibility index (Phi) is 5.47. The molecule has 0 aliphatic rings. The SMILES string of the molecule is Cc1sc2ncn(CC(O)COc3ccc4ccccc4c3)c(=O)c2c1-c1ccccc1. The summed E-state index contributed by atoms with van der Waals surface area (Å²) in [5, 5.41) is 13.4. The van der Waals surface area contributed by atoms with Crippen LogP contribution in [0.15, 0.2) is 83.9 Å². The fourth-order valence-electron chi connectivity index (χ4n) is 3.95. The van der Waals surface area contributed by atoms with Crippen molar-refractivity contribution in [3.8, 4) is 16.9 Å². The van der Waals surface area contributed by atoms with Gasteiger partial charge in [0.2, 0.25) is 0 Å². The van der Waals surface area contributed by atoms with E-state index in [0.29, 0.717) is 16.0 Å². The summed E-state index contributed by atoms with van der Waals surface area (Å²) in [6.07, 6.45) is 0.660. The molecule has 0 saturated carbocycles. The van der Waals surface area contributed by atoms with Crippen LogP contribution in [0.2, 0.25) is 0 Å². The fourth-order valence-corrected chi connectivity index (χ4v) is 4.95. The molecule has 0 amide bonds. The first-order valence-electron chi connectivity index (χ1n) is 10.4. The first-order chi connectivity index (χ1) is 15.6. The van der Waals surface area contributed by atoms with Gasteiger partial charge in [0.15, 0.2) is 0 Å². The van der Waals surface area contributed by atoms with Crippen molar-refractivity contribution in [2.45, 2.75) is 19.6 Å². The lowest BCUT2D eigenvalue weighted by atomic mass is 10.0. The molecule has 2 heterocycles. The fraction of sp³-hybridized carbons (Fsp3) is 0.154. The molecule has 0 radical (unpaired) electrons. The summed E-state index contributed by atoms with van der Waals surface area (Å²) in [4.78, 5) is 19.5. The summed E-state index contributed by atoms with van der Waals surface area (Å²) >= 11 is 1.51. The number of aliphatic hydroxyl groups is 1. The lowest BCUT2D eigenvalue weighted by Crippen LogP contribution is -2.30. The molecule has 6 heteroatoms. The predicted molar refractivity (Wildman–Crippen MR) is 130 cm³/mol. The smallest absolute Gasteiger partial charge is 0.262 e. The molecule has 0 spiro atoms. The lowest BCUT2D eigenvalue weighted by molar-refractivity contribution is 0.0915. The van der Waals surface area contributed by atoms with E-state index in [0.717, 1.165) is 26.8 Å². The van der Waals surface area contributed by atoms with Crippen molar-refractivity contribution in [1.82, 2.24) is 9.55 Å². The molecular weight excluding hydrogens is 420 g/mol. The van der Waals surface area contributed by atoms with Crippen LogP contribution in [0.25, 0.3) is 32.1 Å². The maximum Gasteiger partial charge on any atom is 0.262 e. The molecule has 5 nitrogen and oxygen atoms in total. The molecule has 1 N–H and O–H groups in total. The molecule has 0 fully saturated rings. The van der Waals surface area contributed by atoms with Gasteiger partial charge in [-0.15, -0.1) is 11.3 Å². The van der Waals surface area contributed by atoms with Crippen LogP contribution < -0.4 is 10.3 Å². The van der Waals surface area contributed by atoms with Crippen LogP contribution in [0.4, 0.5) is 0 Å². The Morgan fingerprint density at radius 2 is 1.78 bits per heavy atom. The average Bonchev–Trinajstić information content (AvgIpc) is 3.16. The molecular formula is C26H22N2O3S. The zero-order chi connectivity index (χ0) is 22.1. The number of aryl methyl sites for hydroxylation is 1. The summed E-state index contributed by atoms with van der Waals surface area (Å²) < 4.78 is 7.26. The number of nitrogens with zero attached hydrogens (tertiary/aromatic N) is 2. The first kappa shape index (κ1) is 20.4. The zero-order valence-electron chi connectivity index (χ0n) is 17.6. The second-order valence-electron chi connectivity index (χ2n) is 7.76. The molecule has 1 unspecified atom stereocenters. The van der Waals surface area contributed by atoms with Crippen LogP contribution in [0.3, 0.4) is 0 Å². The molecule has 160 valence electrons. The number of rotatable bonds is 6. The maximum absolute atomic E-state index is 13.3. The van der Waals surface area contributed by atoms with Crippen LogP contribution in [-0.4, -0.2) is 27.4 Å². The molecule has 0 saturated heterocycles. The number of ether oxygens (including phenoxy) is 1. The topological polar surface area (TPSA) is 64.3 Å². The standard InChI is InChI=1S/C26H22N2O3S/c1-17-23(19-8-3-2-4-9-19)24-25(32-17)27-16-28(26(24)30)14-21(29)15-31-22-12-11-18-7-5-6-10-20(18)13-22/h2-13,16,21,29H,14-15H2,1H3. The minimum atomic E-state index is -0.849. The summed E-state index contributed by atoms with van der Waals surface area (Å²) in [5.74, 6) is 0.684. The summed E-state index contributed by atoms with van der Waals surface area (Å²) in [7, 11) is 0. The normalized spacial score (nSPS) is 12.3. The number of benzene rings is 3. The molecule has 32 heavy (non-hydrogen) atoms. The number of hydrogen-bond acceptors (Lipinski definition) is 5. The Labute approximate surface area is 189 Å². The molecule has 0 aliphatic carbocycles. The minimum Gasteiger partial charge on any atom is -0.491 e. The Morgan fingerprint density at radius 1 is 1.03 bits per heavy atom. The second-order valence-corrected chi connectivity index (χ2v) is 8.96. The van der Waals surface area contributed by atoms with Gasteiger partial charge < -0.3 is 9.84 Å². The Morgan fingerprint density at radius 3 is 2.59 bits per heavy atom. The van der Waals surface area contributed by atoms with Gasteiger partial charge in [-0.2, -0.15) is 0 Å². The van der Waals surface area contributed by atoms with Crippen LogP contribution in [-0.2, 0) is 6.54 Å². The number of aromatic nitrogens is 2. The van der Waals surface area contributed by atoms with E-state index in [4.69, 9.17) is 4.74 Å². The van der Waals surface area contributed by atoms with Crippen molar-refractivity contribution in [2.75, 3.05) is 6.61 Å². The quantitative estimate of drug-likeness (QED) is 0.401. The Balaban J connectivity index is 1.37. The zero-order valence-corrected chi connectivity index (χ0v) is 18.4. The van der Waals surface area contributed by atoms with Gasteiger partial charge in [-0.25, -0.2) is 4.98 Å². The minimum absolute atomic E-state index is 0.0804. The van der Waals surface area contributed by atoms with E-state index in [9.17, 15) is 9.90 Å². The van der Waals surface area contributed by atoms with Crippen molar-refractivity contribution < 1.29 is 9.84 Å². The van der Waals surface area contributed by atoms with Crippen molar-refractivity contribution in [3.05, 3.63) is 94.4 Å². The van der Waals surface area contributed by atoms with E-state index in [1.54, 1.807) is 0 Å². The highest BCUT2D eigenvalue weighted by molar-refractivity contribution is 7.19. The van der Waals surface area contributed by atoms with E-state index < -0.39 is 6.10 Å². The van der Waals surface area contributed by atoms with Crippen LogP contribution in [0.1, 0.15) is 4.88 Å². The van der Waals surface area contributed by atoms with E-state index in [-0.39, 0.29) is 18.7 Å². The lowest BCUT2D eigenvalue weighted by Gasteiger charge is -2.14. The highest BCUT2D eigenvalue weighted by atomic mass is 32.1. The molecule has 0 aliphatic heterocycles. The van der Waals surface area contributed by atoms with Gasteiger partial charge in [0.05, 0.1) is 18.3 Å². The van der Waals surface area contributed by atoms with Crippen molar-refractivity contribution in [2.24, 2.45) is 0 Å². The summed E-state index contributed by atoms with van der Waals surface area (Å²) in [5.41, 5.74) is 1.76. The molecule has 3 aromatic carbocycles.